The number of aromatic nitrogens is 2. The fraction of sp³-hybridized carbons (Fsp3) is 0.615. The smallest absolute Gasteiger partial charge is 0.147 e. The topological polar surface area (TPSA) is 55.9 Å². The van der Waals surface area contributed by atoms with E-state index in [9.17, 15) is 0 Å². The van der Waals surface area contributed by atoms with Crippen LogP contribution >= 0.6 is 0 Å². The number of hydrogen-bond donors (Lipinski definition) is 2. The van der Waals surface area contributed by atoms with E-state index in [1.807, 2.05) is 18.7 Å². The lowest BCUT2D eigenvalue weighted by Gasteiger charge is -2.13. The highest BCUT2D eigenvalue weighted by Gasteiger charge is 2.09. The largest absolute Gasteiger partial charge is 0.394 e. The molecule has 0 aliphatic heterocycles. The zero-order valence-electron chi connectivity index (χ0n) is 10.8. The molecule has 1 aliphatic carbocycles. The minimum atomic E-state index is 0.769. The molecule has 0 fully saturated rings. The summed E-state index contributed by atoms with van der Waals surface area (Å²) in [5, 5.41) is 7.67. The van der Waals surface area contributed by atoms with E-state index in [-0.39, 0.29) is 0 Å². The number of hydrogen-bond acceptors (Lipinski definition) is 3. The number of aryl methyl sites for hydroxylation is 2. The lowest BCUT2D eigenvalue weighted by Crippen LogP contribution is -2.09. The summed E-state index contributed by atoms with van der Waals surface area (Å²) >= 11 is 0. The highest BCUT2D eigenvalue weighted by atomic mass is 15.3. The van der Waals surface area contributed by atoms with Gasteiger partial charge < -0.3 is 11.1 Å². The van der Waals surface area contributed by atoms with Crippen molar-refractivity contribution in [2.45, 2.75) is 39.0 Å². The van der Waals surface area contributed by atoms with Crippen molar-refractivity contribution in [2.75, 3.05) is 17.6 Å². The van der Waals surface area contributed by atoms with Crippen molar-refractivity contribution in [3.05, 3.63) is 17.3 Å². The number of anilines is 2. The first-order chi connectivity index (χ1) is 8.18. The molecule has 17 heavy (non-hydrogen) atoms. The van der Waals surface area contributed by atoms with Crippen molar-refractivity contribution in [2.24, 2.45) is 7.05 Å². The number of nitrogens with zero attached hydrogens (tertiary/aromatic N) is 2. The Hall–Kier alpha value is -1.45. The molecule has 0 unspecified atom stereocenters. The Labute approximate surface area is 103 Å². The summed E-state index contributed by atoms with van der Waals surface area (Å²) in [6.07, 6.45) is 8.72. The molecule has 4 heteroatoms. The van der Waals surface area contributed by atoms with Gasteiger partial charge in [-0.3, -0.25) is 4.68 Å². The molecule has 0 amide bonds. The van der Waals surface area contributed by atoms with E-state index in [4.69, 9.17) is 5.73 Å². The van der Waals surface area contributed by atoms with Crippen LogP contribution in [0.5, 0.6) is 0 Å². The van der Waals surface area contributed by atoms with Crippen LogP contribution in [0.15, 0.2) is 11.6 Å². The highest BCUT2D eigenvalue weighted by molar-refractivity contribution is 5.64. The summed E-state index contributed by atoms with van der Waals surface area (Å²) in [5.74, 6) is 0.943. The molecule has 1 aliphatic rings. The SMILES string of the molecule is Cc1nn(C)c(NCCC2=CCCCC2)c1N. The third kappa shape index (κ3) is 2.81. The van der Waals surface area contributed by atoms with Crippen molar-refractivity contribution in [3.63, 3.8) is 0 Å². The zero-order valence-corrected chi connectivity index (χ0v) is 10.8. The van der Waals surface area contributed by atoms with E-state index in [2.05, 4.69) is 16.5 Å². The molecule has 4 nitrogen and oxygen atoms in total. The summed E-state index contributed by atoms with van der Waals surface area (Å²) in [4.78, 5) is 0. The van der Waals surface area contributed by atoms with Gasteiger partial charge in [0.1, 0.15) is 5.82 Å². The van der Waals surface area contributed by atoms with Crippen molar-refractivity contribution < 1.29 is 0 Å². The van der Waals surface area contributed by atoms with Crippen LogP contribution in [0, 0.1) is 6.92 Å². The molecule has 3 N–H and O–H groups in total. The zero-order chi connectivity index (χ0) is 12.3. The third-order valence-electron chi connectivity index (χ3n) is 3.39. The van der Waals surface area contributed by atoms with Gasteiger partial charge in [-0.15, -0.1) is 0 Å². The van der Waals surface area contributed by atoms with Crippen LogP contribution < -0.4 is 11.1 Å². The van der Waals surface area contributed by atoms with Gasteiger partial charge in [-0.05, 0) is 39.0 Å². The first-order valence-corrected chi connectivity index (χ1v) is 6.39. The van der Waals surface area contributed by atoms with Crippen LogP contribution in [0.25, 0.3) is 0 Å². The summed E-state index contributed by atoms with van der Waals surface area (Å²) in [6.45, 7) is 2.87. The summed E-state index contributed by atoms with van der Waals surface area (Å²) < 4.78 is 1.82. The second-order valence-electron chi connectivity index (χ2n) is 4.76. The van der Waals surface area contributed by atoms with E-state index < -0.39 is 0 Å². The van der Waals surface area contributed by atoms with Gasteiger partial charge in [0.2, 0.25) is 0 Å². The van der Waals surface area contributed by atoms with Gasteiger partial charge in [-0.25, -0.2) is 0 Å². The van der Waals surface area contributed by atoms with E-state index in [0.717, 1.165) is 30.2 Å². The van der Waals surface area contributed by atoms with Gasteiger partial charge in [-0.2, -0.15) is 5.10 Å². The monoisotopic (exact) mass is 234 g/mol. The lowest BCUT2D eigenvalue weighted by atomic mass is 9.97. The van der Waals surface area contributed by atoms with Gasteiger partial charge in [0, 0.05) is 13.6 Å². The van der Waals surface area contributed by atoms with Gasteiger partial charge in [-0.1, -0.05) is 11.6 Å². The van der Waals surface area contributed by atoms with E-state index in [0.29, 0.717) is 0 Å². The molecule has 1 heterocycles. The molecule has 1 aromatic rings. The van der Waals surface area contributed by atoms with Crippen LogP contribution in [0.2, 0.25) is 0 Å². The Kier molecular flexibility index (Phi) is 3.71. The fourth-order valence-corrected chi connectivity index (χ4v) is 2.36. The predicted octanol–water partition coefficient (Wildman–Crippen LogP) is 2.61. The Bertz CT molecular complexity index is 417. The lowest BCUT2D eigenvalue weighted by molar-refractivity contribution is 0.677. The van der Waals surface area contributed by atoms with E-state index in [1.54, 1.807) is 5.57 Å². The molecule has 0 saturated heterocycles. The van der Waals surface area contributed by atoms with Gasteiger partial charge in [0.05, 0.1) is 11.4 Å². The fourth-order valence-electron chi connectivity index (χ4n) is 2.36. The summed E-state index contributed by atoms with van der Waals surface area (Å²) in [5.41, 5.74) is 9.21. The minimum Gasteiger partial charge on any atom is -0.394 e. The molecule has 0 atom stereocenters. The Morgan fingerprint density at radius 3 is 2.88 bits per heavy atom. The molecule has 0 saturated carbocycles. The quantitative estimate of drug-likeness (QED) is 0.787. The number of nitrogen functional groups attached to an aromatic ring is 1. The average molecular weight is 234 g/mol. The summed E-state index contributed by atoms with van der Waals surface area (Å²) in [6, 6.07) is 0. The molecule has 0 aromatic carbocycles. The second-order valence-corrected chi connectivity index (χ2v) is 4.76. The number of rotatable bonds is 4. The molecule has 0 radical (unpaired) electrons. The first-order valence-electron chi connectivity index (χ1n) is 6.39. The van der Waals surface area contributed by atoms with Crippen molar-refractivity contribution in [1.82, 2.24) is 9.78 Å². The third-order valence-corrected chi connectivity index (χ3v) is 3.39. The molecule has 1 aromatic heterocycles. The minimum absolute atomic E-state index is 0.769. The second kappa shape index (κ2) is 5.25. The van der Waals surface area contributed by atoms with E-state index in [1.165, 1.54) is 25.7 Å². The Morgan fingerprint density at radius 2 is 2.29 bits per heavy atom. The summed E-state index contributed by atoms with van der Waals surface area (Å²) in [7, 11) is 1.92. The molecular weight excluding hydrogens is 212 g/mol. The number of allylic oxidation sites excluding steroid dienone is 1. The average Bonchev–Trinajstić information content (AvgIpc) is 2.57. The van der Waals surface area contributed by atoms with Crippen LogP contribution in [0.1, 0.15) is 37.8 Å². The molecule has 0 spiro atoms. The molecular formula is C13H22N4. The van der Waals surface area contributed by atoms with Crippen molar-refractivity contribution >= 4 is 11.5 Å². The number of nitrogens with two attached hydrogens (primary N) is 1. The van der Waals surface area contributed by atoms with E-state index >= 15 is 0 Å². The number of nitrogens with one attached hydrogen (secondary N) is 1. The molecule has 2 rings (SSSR count). The Morgan fingerprint density at radius 1 is 1.47 bits per heavy atom. The van der Waals surface area contributed by atoms with Gasteiger partial charge >= 0.3 is 0 Å². The van der Waals surface area contributed by atoms with Crippen LogP contribution in [0.4, 0.5) is 11.5 Å². The maximum atomic E-state index is 5.96. The highest BCUT2D eigenvalue weighted by Crippen LogP contribution is 2.23. The maximum absolute atomic E-state index is 5.96. The van der Waals surface area contributed by atoms with Crippen LogP contribution in [-0.4, -0.2) is 16.3 Å². The maximum Gasteiger partial charge on any atom is 0.147 e. The van der Waals surface area contributed by atoms with Gasteiger partial charge in [0.15, 0.2) is 0 Å². The molecule has 0 bridgehead atoms. The van der Waals surface area contributed by atoms with Crippen molar-refractivity contribution in [3.8, 4) is 0 Å². The standard InChI is InChI=1S/C13H22N4/c1-10-12(14)13(17(2)16-10)15-9-8-11-6-4-3-5-7-11/h6,15H,3-5,7-9,14H2,1-2H3. The van der Waals surface area contributed by atoms with Crippen molar-refractivity contribution in [1.29, 1.82) is 0 Å². The van der Waals surface area contributed by atoms with Gasteiger partial charge in [0.25, 0.3) is 0 Å². The Balaban J connectivity index is 1.87. The van der Waals surface area contributed by atoms with Crippen LogP contribution in [0.3, 0.4) is 0 Å². The predicted molar refractivity (Wildman–Crippen MR) is 72.0 cm³/mol. The normalized spacial score (nSPS) is 15.8. The first kappa shape index (κ1) is 12.0. The molecule has 94 valence electrons. The van der Waals surface area contributed by atoms with Crippen LogP contribution in [-0.2, 0) is 7.05 Å².